The molecule has 4 heterocycles. The minimum Gasteiger partial charge on any atom is -0.401 e. The van der Waals surface area contributed by atoms with Crippen molar-refractivity contribution in [1.82, 2.24) is 10.2 Å². The number of carbonyl (C=O) groups excluding carboxylic acids is 2. The van der Waals surface area contributed by atoms with Crippen molar-refractivity contribution in [2.75, 3.05) is 6.54 Å². The van der Waals surface area contributed by atoms with Gasteiger partial charge in [-0.05, 0) is 40.1 Å². The number of piperidine rings is 2. The zero-order valence-electron chi connectivity index (χ0n) is 22.6. The summed E-state index contributed by atoms with van der Waals surface area (Å²) in [5.41, 5.74) is -2.04. The first-order valence-corrected chi connectivity index (χ1v) is 15.5. The van der Waals surface area contributed by atoms with Gasteiger partial charge in [0.05, 0.1) is 6.10 Å². The Labute approximate surface area is 221 Å². The van der Waals surface area contributed by atoms with Crippen LogP contribution in [0.15, 0.2) is 72.8 Å². The summed E-state index contributed by atoms with van der Waals surface area (Å²) in [6.07, 6.45) is 6.19. The Kier molecular flexibility index (Phi) is 5.26. The number of nitrogens with zero attached hydrogens (tertiary/aromatic N) is 1. The van der Waals surface area contributed by atoms with Gasteiger partial charge >= 0.3 is 0 Å². The van der Waals surface area contributed by atoms with Crippen molar-refractivity contribution in [3.8, 4) is 0 Å². The van der Waals surface area contributed by atoms with E-state index in [4.69, 9.17) is 4.43 Å². The normalized spacial score (nSPS) is 32.2. The van der Waals surface area contributed by atoms with Gasteiger partial charge in [-0.1, -0.05) is 107 Å². The number of amides is 2. The molecule has 5 aliphatic rings. The molecule has 0 radical (unpaired) electrons. The summed E-state index contributed by atoms with van der Waals surface area (Å²) in [5.74, 6) is 0.0505. The van der Waals surface area contributed by atoms with Gasteiger partial charge in [0.1, 0.15) is 11.1 Å². The van der Waals surface area contributed by atoms with E-state index in [0.717, 1.165) is 12.8 Å². The first kappa shape index (κ1) is 24.6. The fourth-order valence-corrected chi connectivity index (χ4v) is 12.6. The van der Waals surface area contributed by atoms with Crippen molar-refractivity contribution >= 4 is 30.5 Å². The highest BCUT2D eigenvalue weighted by atomic mass is 28.4. The highest BCUT2D eigenvalue weighted by Gasteiger charge is 2.72. The summed E-state index contributed by atoms with van der Waals surface area (Å²) >= 11 is 0. The predicted octanol–water partition coefficient (Wildman–Crippen LogP) is 3.78. The van der Waals surface area contributed by atoms with Crippen LogP contribution in [-0.2, 0) is 14.0 Å². The average molecular weight is 515 g/mol. The number of hydrogen-bond donors (Lipinski definition) is 1. The lowest BCUT2D eigenvalue weighted by atomic mass is 9.53. The Morgan fingerprint density at radius 1 is 0.973 bits per heavy atom. The van der Waals surface area contributed by atoms with Crippen molar-refractivity contribution < 1.29 is 14.0 Å². The molecular formula is C31H38N2O3Si. The summed E-state index contributed by atoms with van der Waals surface area (Å²) in [5, 5.41) is 5.55. The second kappa shape index (κ2) is 7.90. The average Bonchev–Trinajstić information content (AvgIpc) is 3.31. The standard InChI is InChI=1S/C31H38N2O3Si/c1-28(2,3)37(22-13-8-6-9-14-22,23-15-10-7-11-16-23)36-25-17-19-31-24(29(25,4)5)21-30(26(34)32-31)18-12-20-33(30)27(31)35/h6-11,13-17,19,24-25H,12,18,20-21H2,1-5H3,(H,32,34)/t24?,25?,30?,31-/m1/s1. The first-order chi connectivity index (χ1) is 17.5. The smallest absolute Gasteiger partial charge is 0.261 e. The van der Waals surface area contributed by atoms with Crippen LogP contribution in [0, 0.1) is 11.3 Å². The van der Waals surface area contributed by atoms with E-state index < -0.39 is 19.4 Å². The minimum atomic E-state index is -2.80. The van der Waals surface area contributed by atoms with Gasteiger partial charge < -0.3 is 14.6 Å². The van der Waals surface area contributed by atoms with Gasteiger partial charge in [-0.2, -0.15) is 0 Å². The number of benzene rings is 2. The summed E-state index contributed by atoms with van der Waals surface area (Å²) in [6.45, 7) is 12.0. The molecule has 2 bridgehead atoms. The molecule has 3 unspecified atom stereocenters. The summed E-state index contributed by atoms with van der Waals surface area (Å²) < 4.78 is 7.57. The molecule has 194 valence electrons. The summed E-state index contributed by atoms with van der Waals surface area (Å²) in [7, 11) is -2.80. The third-order valence-electron chi connectivity index (χ3n) is 9.81. The Morgan fingerprint density at radius 3 is 2.14 bits per heavy atom. The Bertz CT molecular complexity index is 1230. The summed E-state index contributed by atoms with van der Waals surface area (Å²) in [4.78, 5) is 29.1. The largest absolute Gasteiger partial charge is 0.401 e. The molecule has 4 aliphatic heterocycles. The Balaban J connectivity index is 1.50. The van der Waals surface area contributed by atoms with E-state index in [2.05, 4.69) is 107 Å². The molecule has 6 heteroatoms. The van der Waals surface area contributed by atoms with Crippen LogP contribution < -0.4 is 15.7 Å². The summed E-state index contributed by atoms with van der Waals surface area (Å²) in [6, 6.07) is 21.4. The van der Waals surface area contributed by atoms with Gasteiger partial charge in [0.2, 0.25) is 5.91 Å². The van der Waals surface area contributed by atoms with E-state index >= 15 is 0 Å². The van der Waals surface area contributed by atoms with Gasteiger partial charge in [-0.25, -0.2) is 0 Å². The van der Waals surface area contributed by atoms with Crippen LogP contribution in [0.2, 0.25) is 5.04 Å². The Morgan fingerprint density at radius 2 is 1.57 bits per heavy atom. The molecule has 1 N–H and O–H groups in total. The van der Waals surface area contributed by atoms with Crippen LogP contribution in [-0.4, -0.2) is 48.8 Å². The van der Waals surface area contributed by atoms with E-state index in [9.17, 15) is 9.59 Å². The molecule has 2 spiro atoms. The molecule has 0 aromatic heterocycles. The molecule has 2 aromatic carbocycles. The highest BCUT2D eigenvalue weighted by Crippen LogP contribution is 2.58. The molecule has 2 amide bonds. The van der Waals surface area contributed by atoms with Gasteiger partial charge in [-0.3, -0.25) is 9.59 Å². The van der Waals surface area contributed by atoms with E-state index in [1.54, 1.807) is 0 Å². The highest BCUT2D eigenvalue weighted by molar-refractivity contribution is 6.99. The molecule has 1 aliphatic carbocycles. The maximum absolute atomic E-state index is 13.9. The van der Waals surface area contributed by atoms with Crippen LogP contribution in [0.5, 0.6) is 0 Å². The van der Waals surface area contributed by atoms with Gasteiger partial charge in [-0.15, -0.1) is 0 Å². The molecule has 2 aromatic rings. The number of fused-ring (bicyclic) bond motifs is 1. The van der Waals surface area contributed by atoms with Crippen LogP contribution in [0.4, 0.5) is 0 Å². The first-order valence-electron chi connectivity index (χ1n) is 13.6. The molecule has 7 rings (SSSR count). The number of nitrogens with one attached hydrogen (secondary N) is 1. The Hall–Kier alpha value is -2.70. The van der Waals surface area contributed by atoms with E-state index in [1.165, 1.54) is 10.4 Å². The maximum atomic E-state index is 13.9. The number of hydrogen-bond acceptors (Lipinski definition) is 3. The van der Waals surface area contributed by atoms with Gasteiger partial charge in [0.15, 0.2) is 0 Å². The lowest BCUT2D eigenvalue weighted by Gasteiger charge is -2.64. The van der Waals surface area contributed by atoms with Crippen molar-refractivity contribution in [2.45, 2.75) is 76.1 Å². The molecular weight excluding hydrogens is 476 g/mol. The molecule has 4 fully saturated rings. The SMILES string of the molecule is CC1(C)C(O[Si](c2ccccc2)(c2ccccc2)C(C)(C)C)C=C[C@]23NC(=O)C4(CCCN4C2=O)CC13. The van der Waals surface area contributed by atoms with E-state index in [0.29, 0.717) is 13.0 Å². The molecule has 0 saturated carbocycles. The third kappa shape index (κ3) is 3.12. The second-order valence-electron chi connectivity index (χ2n) is 13.1. The van der Waals surface area contributed by atoms with Crippen molar-refractivity contribution in [3.63, 3.8) is 0 Å². The van der Waals surface area contributed by atoms with Crippen molar-refractivity contribution in [1.29, 1.82) is 0 Å². The monoisotopic (exact) mass is 514 g/mol. The van der Waals surface area contributed by atoms with Gasteiger partial charge in [0, 0.05) is 12.5 Å². The zero-order chi connectivity index (χ0) is 26.3. The topological polar surface area (TPSA) is 58.6 Å². The van der Waals surface area contributed by atoms with Crippen LogP contribution in [0.3, 0.4) is 0 Å². The number of piperazine rings is 1. The van der Waals surface area contributed by atoms with Crippen LogP contribution >= 0.6 is 0 Å². The van der Waals surface area contributed by atoms with Crippen LogP contribution in [0.1, 0.15) is 53.9 Å². The third-order valence-corrected chi connectivity index (χ3v) is 14.8. The fourth-order valence-electron chi connectivity index (χ4n) is 7.87. The fraction of sp³-hybridized carbons (Fsp3) is 0.484. The molecule has 5 nitrogen and oxygen atoms in total. The van der Waals surface area contributed by atoms with Crippen LogP contribution in [0.25, 0.3) is 0 Å². The maximum Gasteiger partial charge on any atom is 0.261 e. The lowest BCUT2D eigenvalue weighted by molar-refractivity contribution is -0.180. The van der Waals surface area contributed by atoms with Crippen molar-refractivity contribution in [2.24, 2.45) is 11.3 Å². The molecule has 37 heavy (non-hydrogen) atoms. The quantitative estimate of drug-likeness (QED) is 0.499. The van der Waals surface area contributed by atoms with Gasteiger partial charge in [0.25, 0.3) is 14.2 Å². The lowest BCUT2D eigenvalue weighted by Crippen LogP contribution is -2.83. The van der Waals surface area contributed by atoms with Crippen molar-refractivity contribution in [3.05, 3.63) is 72.8 Å². The minimum absolute atomic E-state index is 0.0210. The second-order valence-corrected chi connectivity index (χ2v) is 17.3. The van der Waals surface area contributed by atoms with E-state index in [-0.39, 0.29) is 34.3 Å². The predicted molar refractivity (Wildman–Crippen MR) is 148 cm³/mol. The zero-order valence-corrected chi connectivity index (χ0v) is 23.6. The van der Waals surface area contributed by atoms with E-state index in [1.807, 2.05) is 11.0 Å². The molecule has 4 atom stereocenters. The number of carbonyl (C=O) groups is 2. The molecule has 4 saturated heterocycles. The number of rotatable bonds is 4.